The fraction of sp³-hybridized carbons (Fsp3) is 0.933. The molecule has 0 radical (unpaired) electrons. The number of nitrogens with two attached hydrogens (primary N) is 1. The smallest absolute Gasteiger partial charge is 0.237 e. The van der Waals surface area contributed by atoms with Crippen LogP contribution in [-0.4, -0.2) is 69.5 Å². The summed E-state index contributed by atoms with van der Waals surface area (Å²) >= 11 is 0. The van der Waals surface area contributed by atoms with Gasteiger partial charge in [0.1, 0.15) is 0 Å². The molecule has 0 aliphatic heterocycles. The van der Waals surface area contributed by atoms with Crippen LogP contribution in [0.15, 0.2) is 0 Å². The fourth-order valence-corrected chi connectivity index (χ4v) is 2.17. The number of ether oxygens (including phenoxy) is 2. The summed E-state index contributed by atoms with van der Waals surface area (Å²) in [5.41, 5.74) is 4.89. The van der Waals surface area contributed by atoms with Crippen molar-refractivity contribution in [3.05, 3.63) is 0 Å². The molecule has 0 saturated heterocycles. The van der Waals surface area contributed by atoms with E-state index in [-0.39, 0.29) is 11.9 Å². The molecule has 0 fully saturated rings. The number of carbonyl (C=O) groups excluding carboxylic acids is 1. The molecule has 0 aromatic rings. The lowest BCUT2D eigenvalue weighted by molar-refractivity contribution is -0.124. The molecule has 6 heteroatoms. The van der Waals surface area contributed by atoms with Crippen LogP contribution in [0.25, 0.3) is 0 Å². The van der Waals surface area contributed by atoms with E-state index in [2.05, 4.69) is 24.1 Å². The monoisotopic (exact) mass is 303 g/mol. The molecule has 3 N–H and O–H groups in total. The zero-order chi connectivity index (χ0) is 16.3. The van der Waals surface area contributed by atoms with Crippen molar-refractivity contribution in [1.29, 1.82) is 0 Å². The first-order chi connectivity index (χ1) is 9.91. The van der Waals surface area contributed by atoms with Crippen molar-refractivity contribution >= 4 is 5.91 Å². The van der Waals surface area contributed by atoms with Crippen LogP contribution in [-0.2, 0) is 14.3 Å². The van der Waals surface area contributed by atoms with Crippen molar-refractivity contribution in [1.82, 2.24) is 10.2 Å². The summed E-state index contributed by atoms with van der Waals surface area (Å²) in [6.07, 6.45) is 1.64. The maximum absolute atomic E-state index is 11.7. The van der Waals surface area contributed by atoms with Crippen LogP contribution in [0.1, 0.15) is 33.6 Å². The molecule has 0 rings (SSSR count). The van der Waals surface area contributed by atoms with Crippen molar-refractivity contribution in [2.24, 2.45) is 5.73 Å². The molecule has 21 heavy (non-hydrogen) atoms. The maximum Gasteiger partial charge on any atom is 0.237 e. The Bertz CT molecular complexity index is 289. The van der Waals surface area contributed by atoms with E-state index in [1.165, 1.54) is 0 Å². The minimum absolute atomic E-state index is 0.272. The lowest BCUT2D eigenvalue weighted by Gasteiger charge is -2.33. The van der Waals surface area contributed by atoms with Gasteiger partial charge >= 0.3 is 0 Å². The van der Waals surface area contributed by atoms with Gasteiger partial charge < -0.3 is 20.5 Å². The van der Waals surface area contributed by atoms with Gasteiger partial charge in [0.05, 0.1) is 18.8 Å². The van der Waals surface area contributed by atoms with Crippen molar-refractivity contribution < 1.29 is 14.3 Å². The molecule has 0 spiro atoms. The Morgan fingerprint density at radius 2 is 2.00 bits per heavy atom. The van der Waals surface area contributed by atoms with Crippen LogP contribution in [0.4, 0.5) is 0 Å². The predicted molar refractivity (Wildman–Crippen MR) is 85.3 cm³/mol. The average Bonchev–Trinajstić information content (AvgIpc) is 2.45. The number of nitrogens with one attached hydrogen (secondary N) is 1. The van der Waals surface area contributed by atoms with E-state index in [0.29, 0.717) is 19.6 Å². The molecule has 0 aliphatic rings. The van der Waals surface area contributed by atoms with Crippen LogP contribution >= 0.6 is 0 Å². The summed E-state index contributed by atoms with van der Waals surface area (Å²) in [6, 6.07) is 0.272. The van der Waals surface area contributed by atoms with Gasteiger partial charge in [-0.15, -0.1) is 0 Å². The topological polar surface area (TPSA) is 76.8 Å². The minimum Gasteiger partial charge on any atom is -0.383 e. The molecule has 0 aromatic heterocycles. The SMILES string of the molecule is CCCNC(C)(CCN(CCOC)C(C)COC)C(N)=O. The summed E-state index contributed by atoms with van der Waals surface area (Å²) in [5.74, 6) is -0.304. The highest BCUT2D eigenvalue weighted by Gasteiger charge is 2.31. The number of rotatable bonds is 13. The van der Waals surface area contributed by atoms with E-state index in [1.54, 1.807) is 14.2 Å². The van der Waals surface area contributed by atoms with Crippen molar-refractivity contribution in [2.45, 2.75) is 45.2 Å². The zero-order valence-corrected chi connectivity index (χ0v) is 14.3. The van der Waals surface area contributed by atoms with E-state index in [1.807, 2.05) is 6.92 Å². The molecule has 0 saturated carbocycles. The lowest BCUT2D eigenvalue weighted by atomic mass is 9.96. The normalized spacial score (nSPS) is 15.9. The molecule has 0 aliphatic carbocycles. The van der Waals surface area contributed by atoms with E-state index in [9.17, 15) is 4.79 Å². The van der Waals surface area contributed by atoms with Gasteiger partial charge in [0.15, 0.2) is 0 Å². The molecule has 0 heterocycles. The third kappa shape index (κ3) is 7.76. The maximum atomic E-state index is 11.7. The standard InChI is InChI=1S/C15H33N3O3/c1-6-8-17-15(3,14(16)19)7-9-18(10-11-20-4)13(2)12-21-5/h13,17H,6-12H2,1-5H3,(H2,16,19). The number of hydrogen-bond donors (Lipinski definition) is 2. The van der Waals surface area contributed by atoms with Crippen molar-refractivity contribution in [3.8, 4) is 0 Å². The third-order valence-corrected chi connectivity index (χ3v) is 3.82. The highest BCUT2D eigenvalue weighted by Crippen LogP contribution is 2.12. The molecule has 0 aromatic carbocycles. The number of nitrogens with zero attached hydrogens (tertiary/aromatic N) is 1. The Hall–Kier alpha value is -0.690. The highest BCUT2D eigenvalue weighted by atomic mass is 16.5. The van der Waals surface area contributed by atoms with Gasteiger partial charge in [-0.05, 0) is 33.2 Å². The first kappa shape index (κ1) is 20.3. The van der Waals surface area contributed by atoms with Crippen LogP contribution in [0, 0.1) is 0 Å². The van der Waals surface area contributed by atoms with E-state index in [0.717, 1.165) is 26.1 Å². The second-order valence-electron chi connectivity index (χ2n) is 5.71. The Balaban J connectivity index is 4.62. The summed E-state index contributed by atoms with van der Waals surface area (Å²) in [7, 11) is 3.39. The molecular weight excluding hydrogens is 270 g/mol. The van der Waals surface area contributed by atoms with Crippen molar-refractivity contribution in [2.75, 3.05) is 47.1 Å². The molecule has 6 nitrogen and oxygen atoms in total. The largest absolute Gasteiger partial charge is 0.383 e. The minimum atomic E-state index is -0.672. The third-order valence-electron chi connectivity index (χ3n) is 3.82. The molecule has 2 unspecified atom stereocenters. The van der Waals surface area contributed by atoms with Crippen molar-refractivity contribution in [3.63, 3.8) is 0 Å². The zero-order valence-electron chi connectivity index (χ0n) is 14.3. The van der Waals surface area contributed by atoms with Gasteiger partial charge in [0, 0.05) is 33.4 Å². The first-order valence-corrected chi connectivity index (χ1v) is 7.68. The summed E-state index contributed by atoms with van der Waals surface area (Å²) in [6.45, 7) is 9.72. The number of primary amides is 1. The Morgan fingerprint density at radius 3 is 2.48 bits per heavy atom. The molecule has 0 bridgehead atoms. The predicted octanol–water partition coefficient (Wildman–Crippen LogP) is 0.603. The molecule has 126 valence electrons. The quantitative estimate of drug-likeness (QED) is 0.521. The van der Waals surface area contributed by atoms with E-state index < -0.39 is 5.54 Å². The van der Waals surface area contributed by atoms with E-state index >= 15 is 0 Å². The van der Waals surface area contributed by atoms with Gasteiger partial charge in [-0.3, -0.25) is 9.69 Å². The number of carbonyl (C=O) groups is 1. The Kier molecular flexibility index (Phi) is 10.6. The summed E-state index contributed by atoms with van der Waals surface area (Å²) in [4.78, 5) is 14.0. The highest BCUT2D eigenvalue weighted by molar-refractivity contribution is 5.84. The second-order valence-corrected chi connectivity index (χ2v) is 5.71. The van der Waals surface area contributed by atoms with E-state index in [4.69, 9.17) is 15.2 Å². The molecule has 2 atom stereocenters. The molecular formula is C15H33N3O3. The van der Waals surface area contributed by atoms with Gasteiger partial charge in [-0.1, -0.05) is 6.92 Å². The van der Waals surface area contributed by atoms with Crippen LogP contribution in [0.3, 0.4) is 0 Å². The van der Waals surface area contributed by atoms with Crippen LogP contribution < -0.4 is 11.1 Å². The average molecular weight is 303 g/mol. The number of methoxy groups -OCH3 is 2. The van der Waals surface area contributed by atoms with Gasteiger partial charge in [0.25, 0.3) is 0 Å². The van der Waals surface area contributed by atoms with Crippen LogP contribution in [0.2, 0.25) is 0 Å². The first-order valence-electron chi connectivity index (χ1n) is 7.68. The number of amides is 1. The summed E-state index contributed by atoms with van der Waals surface area (Å²) in [5, 5.41) is 3.26. The van der Waals surface area contributed by atoms with Crippen LogP contribution in [0.5, 0.6) is 0 Å². The second kappa shape index (κ2) is 11.0. The molecule has 1 amide bonds. The lowest BCUT2D eigenvalue weighted by Crippen LogP contribution is -2.55. The summed E-state index contributed by atoms with van der Waals surface area (Å²) < 4.78 is 10.4. The van der Waals surface area contributed by atoms with Gasteiger partial charge in [-0.25, -0.2) is 0 Å². The van der Waals surface area contributed by atoms with Gasteiger partial charge in [0.2, 0.25) is 5.91 Å². The Labute approximate surface area is 129 Å². The Morgan fingerprint density at radius 1 is 1.33 bits per heavy atom. The fourth-order valence-electron chi connectivity index (χ4n) is 2.17. The number of hydrogen-bond acceptors (Lipinski definition) is 5. The van der Waals surface area contributed by atoms with Gasteiger partial charge in [-0.2, -0.15) is 0 Å².